The van der Waals surface area contributed by atoms with Crippen LogP contribution in [0.5, 0.6) is 0 Å². The number of carbonyl (C=O) groups excluding carboxylic acids is 2. The third-order valence-electron chi connectivity index (χ3n) is 2.71. The van der Waals surface area contributed by atoms with Gasteiger partial charge in [-0.15, -0.1) is 0 Å². The molecule has 0 aromatic heterocycles. The minimum Gasteiger partial charge on any atom is -0.349 e. The summed E-state index contributed by atoms with van der Waals surface area (Å²) >= 11 is 3.22. The molecule has 0 saturated heterocycles. The van der Waals surface area contributed by atoms with Gasteiger partial charge < -0.3 is 4.90 Å². The Labute approximate surface area is 108 Å². The molecule has 0 radical (unpaired) electrons. The van der Waals surface area contributed by atoms with Gasteiger partial charge >= 0.3 is 0 Å². The third-order valence-corrected chi connectivity index (χ3v) is 3.30. The summed E-state index contributed by atoms with van der Waals surface area (Å²) in [5.74, 6) is 0.0582. The first-order valence-corrected chi connectivity index (χ1v) is 6.03. The van der Waals surface area contributed by atoms with Gasteiger partial charge in [0.15, 0.2) is 0 Å². The van der Waals surface area contributed by atoms with Crippen molar-refractivity contribution in [3.05, 3.63) is 39.4 Å². The molecule has 17 heavy (non-hydrogen) atoms. The Morgan fingerprint density at radius 3 is 2.71 bits per heavy atom. The van der Waals surface area contributed by atoms with E-state index in [0.29, 0.717) is 16.5 Å². The van der Waals surface area contributed by atoms with Gasteiger partial charge in [-0.2, -0.15) is 0 Å². The maximum atomic E-state index is 11.6. The second-order valence-electron chi connectivity index (χ2n) is 4.21. The number of halogens is 1. The molecule has 0 heterocycles. The standard InChI is InChI=1S/C13H12BrNO2/c1-15(2)12(16)6-8-3-4-10-9(5-8)7-11(14)13(10)17/h3-5,7H,6H2,1-2H3. The van der Waals surface area contributed by atoms with E-state index < -0.39 is 0 Å². The first-order valence-electron chi connectivity index (χ1n) is 5.24. The predicted molar refractivity (Wildman–Crippen MR) is 70.1 cm³/mol. The summed E-state index contributed by atoms with van der Waals surface area (Å²) in [6, 6.07) is 5.50. The van der Waals surface area contributed by atoms with Crippen LogP contribution < -0.4 is 0 Å². The average Bonchev–Trinajstić information content (AvgIpc) is 2.54. The predicted octanol–water partition coefficient (Wildman–Crippen LogP) is 2.25. The van der Waals surface area contributed by atoms with Crippen LogP contribution in [0.1, 0.15) is 21.5 Å². The van der Waals surface area contributed by atoms with E-state index in [4.69, 9.17) is 0 Å². The number of nitrogens with zero attached hydrogens (tertiary/aromatic N) is 1. The first kappa shape index (κ1) is 12.0. The topological polar surface area (TPSA) is 37.4 Å². The van der Waals surface area contributed by atoms with Crippen molar-refractivity contribution in [1.82, 2.24) is 4.90 Å². The molecule has 2 rings (SSSR count). The zero-order chi connectivity index (χ0) is 12.6. The number of carbonyl (C=O) groups is 2. The Kier molecular flexibility index (Phi) is 3.15. The highest BCUT2D eigenvalue weighted by molar-refractivity contribution is 9.12. The van der Waals surface area contributed by atoms with Crippen LogP contribution in [0.25, 0.3) is 6.08 Å². The highest BCUT2D eigenvalue weighted by Gasteiger charge is 2.20. The van der Waals surface area contributed by atoms with E-state index in [9.17, 15) is 9.59 Å². The lowest BCUT2D eigenvalue weighted by Gasteiger charge is -2.10. The second-order valence-corrected chi connectivity index (χ2v) is 5.06. The molecule has 0 atom stereocenters. The first-order chi connectivity index (χ1) is 7.99. The monoisotopic (exact) mass is 293 g/mol. The number of hydrogen-bond donors (Lipinski definition) is 0. The number of amides is 1. The molecule has 1 aliphatic rings. The van der Waals surface area contributed by atoms with Gasteiger partial charge in [0, 0.05) is 19.7 Å². The lowest BCUT2D eigenvalue weighted by Crippen LogP contribution is -2.23. The van der Waals surface area contributed by atoms with Crippen molar-refractivity contribution in [2.24, 2.45) is 0 Å². The van der Waals surface area contributed by atoms with Gasteiger partial charge in [0.05, 0.1) is 10.9 Å². The molecule has 0 bridgehead atoms. The summed E-state index contributed by atoms with van der Waals surface area (Å²) in [6.07, 6.45) is 2.15. The molecule has 1 amide bonds. The second kappa shape index (κ2) is 4.45. The van der Waals surface area contributed by atoms with Crippen LogP contribution in [0.15, 0.2) is 22.7 Å². The Morgan fingerprint density at radius 1 is 1.35 bits per heavy atom. The minimum absolute atomic E-state index is 0.00508. The number of likely N-dealkylation sites (N-methyl/N-ethyl adjacent to an activating group) is 1. The maximum Gasteiger partial charge on any atom is 0.226 e. The van der Waals surface area contributed by atoms with Crippen molar-refractivity contribution in [3.63, 3.8) is 0 Å². The molecule has 0 fully saturated rings. The van der Waals surface area contributed by atoms with E-state index in [1.165, 1.54) is 0 Å². The normalized spacial score (nSPS) is 13.4. The highest BCUT2D eigenvalue weighted by Crippen LogP contribution is 2.29. The van der Waals surface area contributed by atoms with E-state index in [1.54, 1.807) is 31.1 Å². The van der Waals surface area contributed by atoms with Crippen LogP contribution in [0.4, 0.5) is 0 Å². The molecule has 0 N–H and O–H groups in total. The smallest absolute Gasteiger partial charge is 0.226 e. The summed E-state index contributed by atoms with van der Waals surface area (Å²) in [5, 5.41) is 0. The summed E-state index contributed by atoms with van der Waals surface area (Å²) < 4.78 is 0.573. The van der Waals surface area contributed by atoms with Crippen LogP contribution in [0, 0.1) is 0 Å². The molecule has 1 aromatic rings. The zero-order valence-electron chi connectivity index (χ0n) is 9.66. The lowest BCUT2D eigenvalue weighted by molar-refractivity contribution is -0.127. The van der Waals surface area contributed by atoms with Gasteiger partial charge in [-0.25, -0.2) is 0 Å². The fraction of sp³-hybridized carbons (Fsp3) is 0.231. The summed E-state index contributed by atoms with van der Waals surface area (Å²) in [5.41, 5.74) is 2.50. The average molecular weight is 294 g/mol. The Morgan fingerprint density at radius 2 is 2.06 bits per heavy atom. The number of ketones is 1. The van der Waals surface area contributed by atoms with Crippen LogP contribution in [0.3, 0.4) is 0 Å². The van der Waals surface area contributed by atoms with Crippen LogP contribution in [-0.2, 0) is 11.2 Å². The van der Waals surface area contributed by atoms with Crippen molar-refractivity contribution >= 4 is 33.7 Å². The Bertz CT molecular complexity index is 532. The van der Waals surface area contributed by atoms with Crippen molar-refractivity contribution in [2.45, 2.75) is 6.42 Å². The van der Waals surface area contributed by atoms with Crippen molar-refractivity contribution in [1.29, 1.82) is 0 Å². The minimum atomic E-state index is 0.00508. The quantitative estimate of drug-likeness (QED) is 0.839. The maximum absolute atomic E-state index is 11.6. The van der Waals surface area contributed by atoms with Gasteiger partial charge in [-0.3, -0.25) is 9.59 Å². The largest absolute Gasteiger partial charge is 0.349 e. The number of allylic oxidation sites excluding steroid dienone is 1. The van der Waals surface area contributed by atoms with Gasteiger partial charge in [-0.1, -0.05) is 18.2 Å². The van der Waals surface area contributed by atoms with Crippen LogP contribution in [0.2, 0.25) is 0 Å². The summed E-state index contributed by atoms with van der Waals surface area (Å²) in [6.45, 7) is 0. The Balaban J connectivity index is 2.27. The van der Waals surface area contributed by atoms with Gasteiger partial charge in [0.2, 0.25) is 11.7 Å². The van der Waals surface area contributed by atoms with Gasteiger partial charge in [0.25, 0.3) is 0 Å². The number of benzene rings is 1. The number of Topliss-reactive ketones (excluding diaryl/α,β-unsaturated/α-hetero) is 1. The van der Waals surface area contributed by atoms with Gasteiger partial charge in [-0.05, 0) is 33.1 Å². The van der Waals surface area contributed by atoms with E-state index in [-0.39, 0.29) is 11.7 Å². The van der Waals surface area contributed by atoms with Crippen LogP contribution in [-0.4, -0.2) is 30.7 Å². The van der Waals surface area contributed by atoms with Crippen molar-refractivity contribution < 1.29 is 9.59 Å². The lowest BCUT2D eigenvalue weighted by atomic mass is 10.0. The van der Waals surface area contributed by atoms with Crippen molar-refractivity contribution in [2.75, 3.05) is 14.1 Å². The number of rotatable bonds is 2. The Hall–Kier alpha value is -1.42. The summed E-state index contributed by atoms with van der Waals surface area (Å²) in [4.78, 5) is 24.8. The van der Waals surface area contributed by atoms with E-state index >= 15 is 0 Å². The summed E-state index contributed by atoms with van der Waals surface area (Å²) in [7, 11) is 3.46. The number of fused-ring (bicyclic) bond motifs is 1. The molecular formula is C13H12BrNO2. The fourth-order valence-electron chi connectivity index (χ4n) is 1.71. The van der Waals surface area contributed by atoms with E-state index in [0.717, 1.165) is 11.1 Å². The molecule has 1 aromatic carbocycles. The van der Waals surface area contributed by atoms with Crippen LogP contribution >= 0.6 is 15.9 Å². The molecule has 0 spiro atoms. The van der Waals surface area contributed by atoms with E-state index in [2.05, 4.69) is 15.9 Å². The molecule has 88 valence electrons. The fourth-order valence-corrected chi connectivity index (χ4v) is 2.17. The molecule has 0 saturated carbocycles. The van der Waals surface area contributed by atoms with Crippen molar-refractivity contribution in [3.8, 4) is 0 Å². The number of hydrogen-bond acceptors (Lipinski definition) is 2. The molecular weight excluding hydrogens is 282 g/mol. The highest BCUT2D eigenvalue weighted by atomic mass is 79.9. The molecule has 1 aliphatic carbocycles. The van der Waals surface area contributed by atoms with E-state index in [1.807, 2.05) is 12.1 Å². The zero-order valence-corrected chi connectivity index (χ0v) is 11.2. The molecule has 0 aliphatic heterocycles. The third kappa shape index (κ3) is 2.31. The van der Waals surface area contributed by atoms with Gasteiger partial charge in [0.1, 0.15) is 0 Å². The molecule has 0 unspecified atom stereocenters. The molecule has 4 heteroatoms. The molecule has 3 nitrogen and oxygen atoms in total. The SMILES string of the molecule is CN(C)C(=O)Cc1ccc2c(c1)C=C(Br)C2=O.